The molecule has 0 bridgehead atoms. The maximum Gasteiger partial charge on any atom is 0.327 e. The van der Waals surface area contributed by atoms with E-state index in [1.165, 1.54) is 16.7 Å². The van der Waals surface area contributed by atoms with Crippen molar-refractivity contribution >= 4 is 29.5 Å². The van der Waals surface area contributed by atoms with Crippen LogP contribution in [0.25, 0.3) is 0 Å². The second-order valence-electron chi connectivity index (χ2n) is 7.39. The predicted octanol–water partition coefficient (Wildman–Crippen LogP) is 0.612. The molecule has 4 atom stereocenters. The number of thioether (sulfide) groups is 1. The molecule has 2 aliphatic heterocycles. The molecule has 0 radical (unpaired) electrons. The van der Waals surface area contributed by atoms with Gasteiger partial charge in [0.15, 0.2) is 0 Å². The van der Waals surface area contributed by atoms with Gasteiger partial charge in [0.2, 0.25) is 11.8 Å². The Bertz CT molecular complexity index is 698. The van der Waals surface area contributed by atoms with Gasteiger partial charge in [-0.2, -0.15) is 0 Å². The lowest BCUT2D eigenvalue weighted by atomic mass is 9.86. The highest BCUT2D eigenvalue weighted by molar-refractivity contribution is 8.01. The highest BCUT2D eigenvalue weighted by Gasteiger charge is 2.64. The molecule has 7 nitrogen and oxygen atoms in total. The van der Waals surface area contributed by atoms with Gasteiger partial charge in [0.25, 0.3) is 0 Å². The van der Waals surface area contributed by atoms with Crippen molar-refractivity contribution in [2.75, 3.05) is 0 Å². The molecule has 1 aliphatic carbocycles. The lowest BCUT2D eigenvalue weighted by Gasteiger charge is -2.44. The van der Waals surface area contributed by atoms with E-state index < -0.39 is 34.2 Å². The zero-order valence-electron chi connectivity index (χ0n) is 14.5. The first-order chi connectivity index (χ1) is 11.6. The summed E-state index contributed by atoms with van der Waals surface area (Å²) in [4.78, 5) is 38.0. The summed E-state index contributed by atoms with van der Waals surface area (Å²) in [6.45, 7) is 5.24. The van der Waals surface area contributed by atoms with Crippen molar-refractivity contribution in [1.29, 1.82) is 0 Å². The van der Waals surface area contributed by atoms with Crippen LogP contribution in [-0.4, -0.2) is 55.5 Å². The summed E-state index contributed by atoms with van der Waals surface area (Å²) in [5, 5.41) is 11.8. The lowest BCUT2D eigenvalue weighted by molar-refractivity contribution is -0.161. The Hall–Kier alpha value is -1.80. The number of fused-ring (bicyclic) bond motifs is 1. The molecule has 4 N–H and O–H groups in total. The van der Waals surface area contributed by atoms with E-state index in [1.54, 1.807) is 20.8 Å². The number of nitrogens with two attached hydrogens (primary N) is 1. The van der Waals surface area contributed by atoms with Gasteiger partial charge in [0.05, 0.1) is 0 Å². The van der Waals surface area contributed by atoms with E-state index in [9.17, 15) is 19.5 Å². The Morgan fingerprint density at radius 3 is 2.68 bits per heavy atom. The van der Waals surface area contributed by atoms with E-state index in [0.29, 0.717) is 6.42 Å². The smallest absolute Gasteiger partial charge is 0.327 e. The van der Waals surface area contributed by atoms with Crippen LogP contribution in [-0.2, 0) is 14.4 Å². The van der Waals surface area contributed by atoms with Gasteiger partial charge in [-0.15, -0.1) is 11.8 Å². The zero-order valence-corrected chi connectivity index (χ0v) is 15.3. The summed E-state index contributed by atoms with van der Waals surface area (Å²) < 4.78 is -0.617. The number of carbonyl (C=O) groups is 3. The molecule has 2 saturated heterocycles. The number of rotatable bonds is 4. The molecule has 0 aromatic carbocycles. The van der Waals surface area contributed by atoms with Crippen LogP contribution in [0.2, 0.25) is 0 Å². The summed E-state index contributed by atoms with van der Waals surface area (Å²) >= 11 is 1.40. The molecule has 3 rings (SSSR count). The van der Waals surface area contributed by atoms with Crippen LogP contribution in [0, 0.1) is 0 Å². The number of nitrogens with one attached hydrogen (secondary N) is 1. The number of hydrogen-bond acceptors (Lipinski definition) is 5. The van der Waals surface area contributed by atoms with Crippen molar-refractivity contribution in [3.05, 3.63) is 23.8 Å². The third-order valence-corrected chi connectivity index (χ3v) is 6.68. The number of nitrogens with zero attached hydrogens (tertiary/aromatic N) is 1. The quantitative estimate of drug-likeness (QED) is 0.497. The number of β-lactam (4-membered cyclic amide) rings is 1. The van der Waals surface area contributed by atoms with Crippen molar-refractivity contribution in [1.82, 2.24) is 10.2 Å². The van der Waals surface area contributed by atoms with Crippen molar-refractivity contribution in [3.8, 4) is 0 Å². The standard InChI is InChI=1S/C17H23N3O4S/c1-16(2)11(14(22)23)20-12(21)10(13(20)25-16)19-15(24)17(3,18)9-7-5-4-6-8-9/h4-5,8,10-11,13H,6-7,18H2,1-3H3,(H,19,24)(H,22,23)/t10-,11+,13-,17?/m1/s1. The highest BCUT2D eigenvalue weighted by Crippen LogP contribution is 2.50. The number of carbonyl (C=O) groups excluding carboxylic acids is 2. The molecule has 8 heteroatoms. The average molecular weight is 365 g/mol. The number of allylic oxidation sites excluding steroid dienone is 3. The molecular formula is C17H23N3O4S. The minimum atomic E-state index is -1.20. The molecule has 0 aromatic rings. The van der Waals surface area contributed by atoms with Crippen LogP contribution in [0.5, 0.6) is 0 Å². The normalized spacial score (nSPS) is 32.3. The van der Waals surface area contributed by atoms with E-state index in [4.69, 9.17) is 5.73 Å². The number of amides is 2. The maximum absolute atomic E-state index is 12.7. The third-order valence-electron chi connectivity index (χ3n) is 5.11. The number of carboxylic acids is 1. The van der Waals surface area contributed by atoms with Crippen molar-refractivity contribution < 1.29 is 19.5 Å². The fourth-order valence-corrected chi connectivity index (χ4v) is 5.23. The van der Waals surface area contributed by atoms with Gasteiger partial charge in [-0.25, -0.2) is 4.79 Å². The summed E-state index contributed by atoms with van der Waals surface area (Å²) in [7, 11) is 0. The Kier molecular flexibility index (Phi) is 4.23. The van der Waals surface area contributed by atoms with Gasteiger partial charge >= 0.3 is 5.97 Å². The van der Waals surface area contributed by atoms with Gasteiger partial charge in [-0.1, -0.05) is 18.2 Å². The van der Waals surface area contributed by atoms with E-state index in [-0.39, 0.29) is 11.3 Å². The van der Waals surface area contributed by atoms with Crippen LogP contribution in [0.1, 0.15) is 33.6 Å². The number of carboxylic acid groups (broad SMARTS) is 1. The fraction of sp³-hybridized carbons (Fsp3) is 0.588. The number of hydrogen-bond donors (Lipinski definition) is 3. The third kappa shape index (κ3) is 2.77. The first kappa shape index (κ1) is 18.0. The largest absolute Gasteiger partial charge is 0.480 e. The zero-order chi connectivity index (χ0) is 18.6. The Morgan fingerprint density at radius 2 is 2.12 bits per heavy atom. The van der Waals surface area contributed by atoms with Crippen molar-refractivity contribution in [2.24, 2.45) is 5.73 Å². The van der Waals surface area contributed by atoms with Gasteiger partial charge in [0, 0.05) is 4.75 Å². The fourth-order valence-electron chi connectivity index (χ4n) is 3.61. The van der Waals surface area contributed by atoms with Gasteiger partial charge < -0.3 is 21.1 Å². The monoisotopic (exact) mass is 365 g/mol. The molecule has 0 spiro atoms. The molecule has 1 unspecified atom stereocenters. The Balaban J connectivity index is 1.73. The van der Waals surface area contributed by atoms with E-state index in [1.807, 2.05) is 18.2 Å². The Morgan fingerprint density at radius 1 is 1.44 bits per heavy atom. The SMILES string of the molecule is CC(N)(C(=O)N[C@@H]1C(=O)N2[C@@H]1SC(C)(C)[C@@H]2C(=O)O)C1=CCC=CC1. The summed E-state index contributed by atoms with van der Waals surface area (Å²) in [5.74, 6) is -1.80. The summed E-state index contributed by atoms with van der Waals surface area (Å²) in [5.41, 5.74) is 5.85. The molecule has 2 heterocycles. The van der Waals surface area contributed by atoms with Crippen LogP contribution >= 0.6 is 11.8 Å². The lowest BCUT2D eigenvalue weighted by Crippen LogP contribution is -2.72. The van der Waals surface area contributed by atoms with Gasteiger partial charge in [0.1, 0.15) is 23.0 Å². The molecule has 2 fully saturated rings. The summed E-state index contributed by atoms with van der Waals surface area (Å²) in [6, 6.07) is -1.62. The van der Waals surface area contributed by atoms with Crippen molar-refractivity contribution in [3.63, 3.8) is 0 Å². The van der Waals surface area contributed by atoms with Gasteiger partial charge in [-0.3, -0.25) is 9.59 Å². The van der Waals surface area contributed by atoms with Crippen LogP contribution in [0.15, 0.2) is 23.8 Å². The predicted molar refractivity (Wildman–Crippen MR) is 94.7 cm³/mol. The molecule has 25 heavy (non-hydrogen) atoms. The molecule has 0 saturated carbocycles. The van der Waals surface area contributed by atoms with Gasteiger partial charge in [-0.05, 0) is 39.2 Å². The van der Waals surface area contributed by atoms with E-state index >= 15 is 0 Å². The van der Waals surface area contributed by atoms with Crippen LogP contribution in [0.3, 0.4) is 0 Å². The van der Waals surface area contributed by atoms with Crippen molar-refractivity contribution in [2.45, 2.75) is 61.4 Å². The first-order valence-corrected chi connectivity index (χ1v) is 9.12. The van der Waals surface area contributed by atoms with Crippen LogP contribution in [0.4, 0.5) is 0 Å². The molecule has 136 valence electrons. The minimum Gasteiger partial charge on any atom is -0.480 e. The second kappa shape index (κ2) is 5.88. The topological polar surface area (TPSA) is 113 Å². The molecular weight excluding hydrogens is 342 g/mol. The first-order valence-electron chi connectivity index (χ1n) is 8.24. The summed E-state index contributed by atoms with van der Waals surface area (Å²) in [6.07, 6.45) is 7.25. The maximum atomic E-state index is 12.7. The van der Waals surface area contributed by atoms with E-state index in [0.717, 1.165) is 12.0 Å². The molecule has 3 aliphatic rings. The second-order valence-corrected chi connectivity index (χ2v) is 9.16. The Labute approximate surface area is 150 Å². The minimum absolute atomic E-state index is 0.364. The highest BCUT2D eigenvalue weighted by atomic mass is 32.2. The number of aliphatic carboxylic acids is 1. The molecule has 0 aromatic heterocycles. The van der Waals surface area contributed by atoms with Crippen LogP contribution < -0.4 is 11.1 Å². The average Bonchev–Trinajstić information content (AvgIpc) is 2.81. The van der Waals surface area contributed by atoms with E-state index in [2.05, 4.69) is 5.32 Å². The molecule has 2 amide bonds.